The third kappa shape index (κ3) is 5.21. The SMILES string of the molecule is CN(CCc1ccccc1)C(=O)C1=C(c2ccc(CCO)cc2)C[C@@H]2CN(C(=O)O)C[C@H]1N2C(=O)O. The Kier molecular flexibility index (Phi) is 7.59. The molecule has 9 heteroatoms. The second-order valence-electron chi connectivity index (χ2n) is 9.28. The number of aliphatic hydroxyl groups is 1. The van der Waals surface area contributed by atoms with Crippen molar-refractivity contribution in [2.75, 3.05) is 33.3 Å². The molecule has 0 radical (unpaired) electrons. The Hall–Kier alpha value is -3.85. The van der Waals surface area contributed by atoms with Gasteiger partial charge in [0, 0.05) is 38.9 Å². The number of aliphatic hydroxyl groups excluding tert-OH is 1. The average Bonchev–Trinajstić information content (AvgIpc) is 2.87. The van der Waals surface area contributed by atoms with E-state index in [1.165, 1.54) is 9.80 Å². The zero-order chi connectivity index (χ0) is 25.8. The van der Waals surface area contributed by atoms with Crippen LogP contribution in [0.2, 0.25) is 0 Å². The first-order chi connectivity index (χ1) is 17.3. The molecule has 2 aromatic carbocycles. The van der Waals surface area contributed by atoms with Gasteiger partial charge in [0.25, 0.3) is 5.91 Å². The third-order valence-electron chi connectivity index (χ3n) is 7.00. The third-order valence-corrected chi connectivity index (χ3v) is 7.00. The van der Waals surface area contributed by atoms with Gasteiger partial charge in [0.05, 0.1) is 12.1 Å². The van der Waals surface area contributed by atoms with E-state index in [9.17, 15) is 29.7 Å². The molecule has 2 aliphatic rings. The lowest BCUT2D eigenvalue weighted by molar-refractivity contribution is -0.127. The van der Waals surface area contributed by atoms with Crippen molar-refractivity contribution in [1.29, 1.82) is 0 Å². The number of fused-ring (bicyclic) bond motifs is 2. The molecule has 0 saturated carbocycles. The van der Waals surface area contributed by atoms with Crippen LogP contribution in [0.5, 0.6) is 0 Å². The number of carbonyl (C=O) groups excluding carboxylic acids is 1. The van der Waals surface area contributed by atoms with Crippen LogP contribution in [0.25, 0.3) is 5.57 Å². The smallest absolute Gasteiger partial charge is 0.408 e. The Morgan fingerprint density at radius 2 is 1.58 bits per heavy atom. The largest absolute Gasteiger partial charge is 0.465 e. The van der Waals surface area contributed by atoms with Crippen LogP contribution in [0.4, 0.5) is 9.59 Å². The van der Waals surface area contributed by atoms with Crippen molar-refractivity contribution in [3.8, 4) is 0 Å². The van der Waals surface area contributed by atoms with Crippen LogP contribution in [0.3, 0.4) is 0 Å². The Labute approximate surface area is 209 Å². The van der Waals surface area contributed by atoms with Crippen LogP contribution < -0.4 is 0 Å². The summed E-state index contributed by atoms with van der Waals surface area (Å²) >= 11 is 0. The lowest BCUT2D eigenvalue weighted by Gasteiger charge is -2.49. The average molecular weight is 494 g/mol. The molecule has 0 spiro atoms. The van der Waals surface area contributed by atoms with Gasteiger partial charge in [-0.3, -0.25) is 9.69 Å². The number of hydrogen-bond donors (Lipinski definition) is 3. The zero-order valence-corrected chi connectivity index (χ0v) is 20.2. The van der Waals surface area contributed by atoms with Gasteiger partial charge in [-0.15, -0.1) is 0 Å². The summed E-state index contributed by atoms with van der Waals surface area (Å²) in [5.41, 5.74) is 3.91. The van der Waals surface area contributed by atoms with Crippen molar-refractivity contribution in [2.45, 2.75) is 31.3 Å². The minimum Gasteiger partial charge on any atom is -0.465 e. The molecule has 2 aliphatic heterocycles. The predicted octanol–water partition coefficient (Wildman–Crippen LogP) is 2.79. The fourth-order valence-corrected chi connectivity index (χ4v) is 5.15. The maximum atomic E-state index is 13.9. The van der Waals surface area contributed by atoms with Crippen LogP contribution in [-0.4, -0.2) is 93.5 Å². The first-order valence-electron chi connectivity index (χ1n) is 12.0. The van der Waals surface area contributed by atoms with Gasteiger partial charge in [0.1, 0.15) is 0 Å². The predicted molar refractivity (Wildman–Crippen MR) is 134 cm³/mol. The van der Waals surface area contributed by atoms with E-state index in [2.05, 4.69) is 0 Å². The van der Waals surface area contributed by atoms with Crippen LogP contribution in [0.15, 0.2) is 60.2 Å². The number of nitrogens with zero attached hydrogens (tertiary/aromatic N) is 3. The van der Waals surface area contributed by atoms with Gasteiger partial charge in [-0.1, -0.05) is 54.6 Å². The second kappa shape index (κ2) is 10.8. The molecule has 0 unspecified atom stereocenters. The van der Waals surface area contributed by atoms with E-state index in [0.717, 1.165) is 22.3 Å². The molecule has 190 valence electrons. The van der Waals surface area contributed by atoms with E-state index in [0.29, 0.717) is 25.0 Å². The summed E-state index contributed by atoms with van der Waals surface area (Å²) in [7, 11) is 1.69. The van der Waals surface area contributed by atoms with E-state index in [1.807, 2.05) is 54.6 Å². The molecule has 1 fully saturated rings. The van der Waals surface area contributed by atoms with Crippen LogP contribution in [0.1, 0.15) is 23.1 Å². The highest BCUT2D eigenvalue weighted by Gasteiger charge is 2.48. The Bertz CT molecular complexity index is 1150. The van der Waals surface area contributed by atoms with Gasteiger partial charge in [0.15, 0.2) is 0 Å². The molecule has 2 aromatic rings. The molecular weight excluding hydrogens is 462 g/mol. The number of hydrogen-bond acceptors (Lipinski definition) is 4. The Morgan fingerprint density at radius 1 is 0.917 bits per heavy atom. The van der Waals surface area contributed by atoms with Crippen molar-refractivity contribution in [1.82, 2.24) is 14.7 Å². The molecule has 2 bridgehead atoms. The second-order valence-corrected chi connectivity index (χ2v) is 9.28. The first-order valence-corrected chi connectivity index (χ1v) is 12.0. The molecule has 1 saturated heterocycles. The van der Waals surface area contributed by atoms with Crippen molar-refractivity contribution in [2.24, 2.45) is 0 Å². The lowest BCUT2D eigenvalue weighted by atomic mass is 9.81. The van der Waals surface area contributed by atoms with E-state index < -0.39 is 24.3 Å². The number of rotatable bonds is 7. The normalized spacial score (nSPS) is 19.3. The standard InChI is InChI=1S/C27H31N3O6/c1-28(13-11-18-5-3-2-4-6-18)25(32)24-22(20-9-7-19(8-10-20)12-14-31)15-21-16-29(26(33)34)17-23(24)30(21)27(35)36/h2-10,21,23,31H,11-17H2,1H3,(H,33,34)(H,35,36)/t21-,23-/m1/s1. The van der Waals surface area contributed by atoms with Crippen molar-refractivity contribution in [3.63, 3.8) is 0 Å². The highest BCUT2D eigenvalue weighted by molar-refractivity contribution is 6.03. The summed E-state index contributed by atoms with van der Waals surface area (Å²) in [6, 6.07) is 15.8. The quantitative estimate of drug-likeness (QED) is 0.545. The molecule has 2 heterocycles. The number of carboxylic acid groups (broad SMARTS) is 2. The number of likely N-dealkylation sites (N-methyl/N-ethyl adjacent to an activating group) is 1. The zero-order valence-electron chi connectivity index (χ0n) is 20.2. The first kappa shape index (κ1) is 25.2. The molecular formula is C27H31N3O6. The summed E-state index contributed by atoms with van der Waals surface area (Å²) in [5, 5.41) is 28.9. The van der Waals surface area contributed by atoms with Gasteiger partial charge >= 0.3 is 12.2 Å². The maximum absolute atomic E-state index is 13.9. The monoisotopic (exact) mass is 493 g/mol. The summed E-state index contributed by atoms with van der Waals surface area (Å²) in [5.74, 6) is -0.303. The highest BCUT2D eigenvalue weighted by Crippen LogP contribution is 2.39. The summed E-state index contributed by atoms with van der Waals surface area (Å²) in [6.07, 6.45) is -0.905. The fraction of sp³-hybridized carbons (Fsp3) is 0.370. The fourth-order valence-electron chi connectivity index (χ4n) is 5.15. The van der Waals surface area contributed by atoms with Crippen LogP contribution in [0, 0.1) is 0 Å². The maximum Gasteiger partial charge on any atom is 0.408 e. The van der Waals surface area contributed by atoms with Gasteiger partial charge in [0.2, 0.25) is 0 Å². The number of amides is 3. The Morgan fingerprint density at radius 3 is 2.19 bits per heavy atom. The van der Waals surface area contributed by atoms with E-state index >= 15 is 0 Å². The molecule has 0 aromatic heterocycles. The molecule has 36 heavy (non-hydrogen) atoms. The van der Waals surface area contributed by atoms with Gasteiger partial charge in [-0.25, -0.2) is 9.59 Å². The topological polar surface area (TPSA) is 122 Å². The van der Waals surface area contributed by atoms with E-state index in [4.69, 9.17) is 0 Å². The molecule has 2 atom stereocenters. The van der Waals surface area contributed by atoms with Crippen LogP contribution in [-0.2, 0) is 17.6 Å². The number of benzene rings is 2. The summed E-state index contributed by atoms with van der Waals surface area (Å²) in [6.45, 7) is 0.412. The lowest BCUT2D eigenvalue weighted by Crippen LogP contribution is -2.64. The van der Waals surface area contributed by atoms with Crippen molar-refractivity contribution >= 4 is 23.7 Å². The molecule has 4 rings (SSSR count). The Balaban J connectivity index is 1.73. The number of piperazine rings is 1. The van der Waals surface area contributed by atoms with Crippen molar-refractivity contribution < 1.29 is 29.7 Å². The van der Waals surface area contributed by atoms with E-state index in [-0.39, 0.29) is 32.0 Å². The summed E-state index contributed by atoms with van der Waals surface area (Å²) in [4.78, 5) is 42.0. The highest BCUT2D eigenvalue weighted by atomic mass is 16.4. The van der Waals surface area contributed by atoms with E-state index in [1.54, 1.807) is 11.9 Å². The molecule has 0 aliphatic carbocycles. The molecule has 3 amide bonds. The molecule has 9 nitrogen and oxygen atoms in total. The van der Waals surface area contributed by atoms with Gasteiger partial charge in [-0.2, -0.15) is 0 Å². The minimum absolute atomic E-state index is 0.0285. The van der Waals surface area contributed by atoms with Crippen molar-refractivity contribution in [3.05, 3.63) is 76.9 Å². The van der Waals surface area contributed by atoms with Gasteiger partial charge in [-0.05, 0) is 41.5 Å². The molecule has 3 N–H and O–H groups in total. The van der Waals surface area contributed by atoms with Gasteiger partial charge < -0.3 is 25.1 Å². The number of carbonyl (C=O) groups is 3. The van der Waals surface area contributed by atoms with Crippen LogP contribution >= 0.6 is 0 Å². The summed E-state index contributed by atoms with van der Waals surface area (Å²) < 4.78 is 0. The minimum atomic E-state index is -1.16.